The molecule has 0 radical (unpaired) electrons. The molecule has 1 N–H and O–H groups in total. The van der Waals surface area contributed by atoms with Crippen molar-refractivity contribution in [2.24, 2.45) is 0 Å². The molecule has 4 aromatic rings. The second kappa shape index (κ2) is 7.39. The van der Waals surface area contributed by atoms with Gasteiger partial charge in [0.1, 0.15) is 11.5 Å². The van der Waals surface area contributed by atoms with Crippen LogP contribution in [0.5, 0.6) is 0 Å². The van der Waals surface area contributed by atoms with Crippen LogP contribution >= 0.6 is 11.3 Å². The van der Waals surface area contributed by atoms with E-state index in [1.165, 1.54) is 24.3 Å². The van der Waals surface area contributed by atoms with Crippen molar-refractivity contribution in [3.8, 4) is 27.5 Å². The molecule has 1 amide bonds. The van der Waals surface area contributed by atoms with E-state index in [2.05, 4.69) is 22.2 Å². The number of hydrogen-bond donors (Lipinski definition) is 1. The maximum absolute atomic E-state index is 14.8. The summed E-state index contributed by atoms with van der Waals surface area (Å²) in [5.74, 6) is -0.409. The SMILES string of the molecule is CC(=O)Nc1nc2c(s1)-c1c(c(-c3ccc(C)nc3)nn1-c1ccccc1F)C(C)C2. The molecular weight excluding hydrogens is 413 g/mol. The summed E-state index contributed by atoms with van der Waals surface area (Å²) in [5, 5.41) is 8.19. The van der Waals surface area contributed by atoms with Crippen molar-refractivity contribution in [3.05, 3.63) is 65.4 Å². The number of hydrogen-bond acceptors (Lipinski definition) is 5. The Balaban J connectivity index is 1.79. The molecule has 1 aliphatic rings. The summed E-state index contributed by atoms with van der Waals surface area (Å²) in [6.45, 7) is 5.52. The summed E-state index contributed by atoms with van der Waals surface area (Å²) in [6.07, 6.45) is 2.52. The van der Waals surface area contributed by atoms with Gasteiger partial charge in [-0.2, -0.15) is 5.10 Å². The van der Waals surface area contributed by atoms with Crippen LogP contribution in [0.15, 0.2) is 42.6 Å². The van der Waals surface area contributed by atoms with E-state index in [9.17, 15) is 9.18 Å². The van der Waals surface area contributed by atoms with Crippen molar-refractivity contribution in [1.82, 2.24) is 19.7 Å². The fourth-order valence-corrected chi connectivity index (χ4v) is 5.09. The fraction of sp³-hybridized carbons (Fsp3) is 0.217. The minimum absolute atomic E-state index is 0.117. The molecule has 0 bridgehead atoms. The molecule has 3 heterocycles. The zero-order valence-electron chi connectivity index (χ0n) is 17.3. The Morgan fingerprint density at radius 2 is 2.06 bits per heavy atom. The van der Waals surface area contributed by atoms with Crippen molar-refractivity contribution in [3.63, 3.8) is 0 Å². The molecule has 156 valence electrons. The van der Waals surface area contributed by atoms with Crippen molar-refractivity contribution in [2.45, 2.75) is 33.1 Å². The van der Waals surface area contributed by atoms with E-state index < -0.39 is 0 Å². The lowest BCUT2D eigenvalue weighted by Crippen LogP contribution is -2.10. The third kappa shape index (κ3) is 3.33. The highest BCUT2D eigenvalue weighted by atomic mass is 32.1. The number of carbonyl (C=O) groups is 1. The molecule has 1 aliphatic carbocycles. The number of para-hydroxylation sites is 1. The number of nitrogens with zero attached hydrogens (tertiary/aromatic N) is 4. The molecule has 0 fully saturated rings. The first kappa shape index (κ1) is 19.6. The Bertz CT molecular complexity index is 1310. The van der Waals surface area contributed by atoms with Crippen molar-refractivity contribution in [2.75, 3.05) is 5.32 Å². The molecule has 5 rings (SSSR count). The monoisotopic (exact) mass is 433 g/mol. The number of aromatic nitrogens is 4. The standard InChI is InChI=1S/C23H20FN5OS/c1-12-10-17-22(31-23(27-17)26-14(3)30)21-19(12)20(15-9-8-13(2)25-11-15)28-29(21)18-7-5-4-6-16(18)24/h4-9,11-12H,10H2,1-3H3,(H,26,27,30). The Morgan fingerprint density at radius 3 is 2.77 bits per heavy atom. The van der Waals surface area contributed by atoms with Crippen LogP contribution < -0.4 is 5.32 Å². The third-order valence-electron chi connectivity index (χ3n) is 5.38. The fourth-order valence-electron chi connectivity index (χ4n) is 4.01. The van der Waals surface area contributed by atoms with Gasteiger partial charge >= 0.3 is 0 Å². The number of carbonyl (C=O) groups excluding carboxylic acids is 1. The van der Waals surface area contributed by atoms with Gasteiger partial charge in [-0.1, -0.05) is 30.4 Å². The van der Waals surface area contributed by atoms with Crippen LogP contribution in [0.2, 0.25) is 0 Å². The lowest BCUT2D eigenvalue weighted by Gasteiger charge is -2.20. The van der Waals surface area contributed by atoms with Gasteiger partial charge in [0.15, 0.2) is 5.13 Å². The Morgan fingerprint density at radius 1 is 1.26 bits per heavy atom. The lowest BCUT2D eigenvalue weighted by molar-refractivity contribution is -0.114. The van der Waals surface area contributed by atoms with Gasteiger partial charge in [0.05, 0.1) is 22.0 Å². The van der Waals surface area contributed by atoms with Crippen LogP contribution in [0.3, 0.4) is 0 Å². The van der Waals surface area contributed by atoms with Gasteiger partial charge in [-0.3, -0.25) is 9.78 Å². The maximum atomic E-state index is 14.8. The minimum atomic E-state index is -0.354. The zero-order valence-corrected chi connectivity index (χ0v) is 18.1. The van der Waals surface area contributed by atoms with Gasteiger partial charge in [-0.15, -0.1) is 0 Å². The number of benzene rings is 1. The zero-order chi connectivity index (χ0) is 21.7. The smallest absolute Gasteiger partial charge is 0.223 e. The van der Waals surface area contributed by atoms with E-state index in [0.29, 0.717) is 17.2 Å². The summed E-state index contributed by atoms with van der Waals surface area (Å²) >= 11 is 1.39. The van der Waals surface area contributed by atoms with Crippen molar-refractivity contribution < 1.29 is 9.18 Å². The van der Waals surface area contributed by atoms with E-state index in [1.54, 1.807) is 29.1 Å². The van der Waals surface area contributed by atoms with Crippen molar-refractivity contribution >= 4 is 22.4 Å². The largest absolute Gasteiger partial charge is 0.302 e. The van der Waals surface area contributed by atoms with Crippen LogP contribution in [-0.2, 0) is 11.2 Å². The molecule has 0 spiro atoms. The lowest BCUT2D eigenvalue weighted by atomic mass is 9.86. The summed E-state index contributed by atoms with van der Waals surface area (Å²) in [4.78, 5) is 21.5. The molecule has 1 unspecified atom stereocenters. The molecule has 3 aromatic heterocycles. The number of aryl methyl sites for hydroxylation is 1. The summed E-state index contributed by atoms with van der Waals surface area (Å²) in [7, 11) is 0. The topological polar surface area (TPSA) is 72.7 Å². The highest BCUT2D eigenvalue weighted by Gasteiger charge is 2.34. The number of halogens is 1. The number of pyridine rings is 1. The predicted octanol–water partition coefficient (Wildman–Crippen LogP) is 5.12. The Kier molecular flexibility index (Phi) is 4.66. The number of thiazole rings is 1. The van der Waals surface area contributed by atoms with E-state index >= 15 is 0 Å². The predicted molar refractivity (Wildman–Crippen MR) is 119 cm³/mol. The normalized spacial score (nSPS) is 14.8. The van der Waals surface area contributed by atoms with Gasteiger partial charge in [-0.05, 0) is 43.5 Å². The quantitative estimate of drug-likeness (QED) is 0.487. The van der Waals surface area contributed by atoms with Gasteiger partial charge in [0.2, 0.25) is 5.91 Å². The van der Waals surface area contributed by atoms with E-state index in [-0.39, 0.29) is 17.6 Å². The summed E-state index contributed by atoms with van der Waals surface area (Å²) in [5.41, 5.74) is 5.73. The number of amides is 1. The molecule has 8 heteroatoms. The molecule has 6 nitrogen and oxygen atoms in total. The molecular formula is C23H20FN5OS. The average molecular weight is 434 g/mol. The van der Waals surface area contributed by atoms with E-state index in [4.69, 9.17) is 5.10 Å². The average Bonchev–Trinajstić information content (AvgIpc) is 3.30. The molecule has 1 aromatic carbocycles. The summed E-state index contributed by atoms with van der Waals surface area (Å²) in [6, 6.07) is 10.5. The van der Waals surface area contributed by atoms with Gasteiger partial charge < -0.3 is 5.32 Å². The number of anilines is 1. The summed E-state index contributed by atoms with van der Waals surface area (Å²) < 4.78 is 16.5. The number of fused-ring (bicyclic) bond motifs is 3. The van der Waals surface area contributed by atoms with Crippen LogP contribution in [0, 0.1) is 12.7 Å². The second-order valence-electron chi connectivity index (χ2n) is 7.74. The number of rotatable bonds is 3. The van der Waals surface area contributed by atoms with E-state index in [0.717, 1.165) is 38.8 Å². The van der Waals surface area contributed by atoms with Crippen LogP contribution in [0.1, 0.15) is 36.7 Å². The molecule has 0 saturated carbocycles. The molecule has 0 saturated heterocycles. The van der Waals surface area contributed by atoms with Crippen LogP contribution in [0.25, 0.3) is 27.5 Å². The molecule has 1 atom stereocenters. The third-order valence-corrected chi connectivity index (χ3v) is 6.39. The molecule has 0 aliphatic heterocycles. The minimum Gasteiger partial charge on any atom is -0.302 e. The van der Waals surface area contributed by atoms with Gasteiger partial charge in [-0.25, -0.2) is 14.1 Å². The first-order valence-corrected chi connectivity index (χ1v) is 10.8. The van der Waals surface area contributed by atoms with Crippen molar-refractivity contribution in [1.29, 1.82) is 0 Å². The Labute approximate surface area is 182 Å². The second-order valence-corrected chi connectivity index (χ2v) is 8.74. The van der Waals surface area contributed by atoms with Crippen LogP contribution in [-0.4, -0.2) is 25.7 Å². The van der Waals surface area contributed by atoms with E-state index in [1.807, 2.05) is 19.1 Å². The highest BCUT2D eigenvalue weighted by Crippen LogP contribution is 2.48. The first-order chi connectivity index (χ1) is 14.9. The van der Waals surface area contributed by atoms with Gasteiger partial charge in [0.25, 0.3) is 0 Å². The van der Waals surface area contributed by atoms with Crippen LogP contribution in [0.4, 0.5) is 9.52 Å². The molecule has 31 heavy (non-hydrogen) atoms. The van der Waals surface area contributed by atoms with Gasteiger partial charge in [0, 0.05) is 29.9 Å². The highest BCUT2D eigenvalue weighted by molar-refractivity contribution is 7.19. The Hall–Kier alpha value is -3.39. The first-order valence-electron chi connectivity index (χ1n) is 10.0. The maximum Gasteiger partial charge on any atom is 0.223 e. The number of nitrogens with one attached hydrogen (secondary N) is 1.